The lowest BCUT2D eigenvalue weighted by Gasteiger charge is -2.00. The zero-order valence-electron chi connectivity index (χ0n) is 10.4. The molecule has 0 unspecified atom stereocenters. The van der Waals surface area contributed by atoms with Gasteiger partial charge in [-0.15, -0.1) is 0 Å². The van der Waals surface area contributed by atoms with Crippen LogP contribution in [0.15, 0.2) is 41.4 Å². The van der Waals surface area contributed by atoms with Crippen molar-refractivity contribution in [2.45, 2.75) is 0 Å². The average molecular weight is 348 g/mol. The molecule has 8 heteroatoms. The summed E-state index contributed by atoms with van der Waals surface area (Å²) in [5.41, 5.74) is 0.341. The first kappa shape index (κ1) is 13.5. The first-order valence-corrected chi connectivity index (χ1v) is 6.62. The average Bonchev–Trinajstić information content (AvgIpc) is 2.92. The van der Waals surface area contributed by atoms with Gasteiger partial charge in [0.05, 0.1) is 5.56 Å². The second-order valence-electron chi connectivity index (χ2n) is 4.03. The summed E-state index contributed by atoms with van der Waals surface area (Å²) < 4.78 is 15.8. The van der Waals surface area contributed by atoms with E-state index in [4.69, 9.17) is 0 Å². The number of rotatable bonds is 3. The molecule has 0 atom stereocenters. The van der Waals surface area contributed by atoms with E-state index in [0.29, 0.717) is 10.8 Å². The molecule has 0 amide bonds. The van der Waals surface area contributed by atoms with Gasteiger partial charge in [-0.25, -0.2) is 19.0 Å². The van der Waals surface area contributed by atoms with E-state index in [0.717, 1.165) is 0 Å². The van der Waals surface area contributed by atoms with Crippen molar-refractivity contribution in [3.63, 3.8) is 0 Å². The molecule has 0 aliphatic carbocycles. The van der Waals surface area contributed by atoms with Crippen LogP contribution in [0.4, 0.5) is 4.39 Å². The third kappa shape index (κ3) is 2.57. The standard InChI is InChI=1S/C13H7BrFN5O/c14-9-4-10(15)12(18-5-9)11-8(7-21)6-20(19-11)13-16-2-1-3-17-13/h1-7H. The lowest BCUT2D eigenvalue weighted by molar-refractivity contribution is 0.112. The van der Waals surface area contributed by atoms with Crippen LogP contribution in [-0.4, -0.2) is 31.0 Å². The second kappa shape index (κ2) is 5.49. The van der Waals surface area contributed by atoms with E-state index in [1.807, 2.05) is 0 Å². The number of hydrogen-bond acceptors (Lipinski definition) is 5. The molecule has 6 nitrogen and oxygen atoms in total. The molecule has 3 aromatic heterocycles. The van der Waals surface area contributed by atoms with Crippen LogP contribution in [0.2, 0.25) is 0 Å². The van der Waals surface area contributed by atoms with Crippen LogP contribution in [0.5, 0.6) is 0 Å². The molecular formula is C13H7BrFN5O. The lowest BCUT2D eigenvalue weighted by Crippen LogP contribution is -2.01. The van der Waals surface area contributed by atoms with E-state index in [2.05, 4.69) is 36.0 Å². The van der Waals surface area contributed by atoms with E-state index in [9.17, 15) is 9.18 Å². The highest BCUT2D eigenvalue weighted by molar-refractivity contribution is 9.10. The number of carbonyl (C=O) groups excluding carboxylic acids is 1. The van der Waals surface area contributed by atoms with Gasteiger partial charge in [0, 0.05) is 29.3 Å². The molecule has 0 saturated carbocycles. The molecule has 3 aromatic rings. The highest BCUT2D eigenvalue weighted by atomic mass is 79.9. The highest BCUT2D eigenvalue weighted by Gasteiger charge is 2.17. The Bertz CT molecular complexity index is 806. The van der Waals surface area contributed by atoms with Crippen LogP contribution in [0.1, 0.15) is 10.4 Å². The number of hydrogen-bond donors (Lipinski definition) is 0. The first-order chi connectivity index (χ1) is 10.2. The van der Waals surface area contributed by atoms with Gasteiger partial charge < -0.3 is 0 Å². The molecule has 0 saturated heterocycles. The number of carbonyl (C=O) groups is 1. The van der Waals surface area contributed by atoms with Crippen molar-refractivity contribution in [3.8, 4) is 17.3 Å². The van der Waals surface area contributed by atoms with Crippen molar-refractivity contribution in [3.05, 3.63) is 52.8 Å². The van der Waals surface area contributed by atoms with Gasteiger partial charge in [-0.1, -0.05) is 0 Å². The number of nitrogens with zero attached hydrogens (tertiary/aromatic N) is 5. The highest BCUT2D eigenvalue weighted by Crippen LogP contribution is 2.24. The van der Waals surface area contributed by atoms with Crippen molar-refractivity contribution >= 4 is 22.2 Å². The Morgan fingerprint density at radius 3 is 2.62 bits per heavy atom. The van der Waals surface area contributed by atoms with Crippen LogP contribution in [0.25, 0.3) is 17.3 Å². The van der Waals surface area contributed by atoms with Crippen LogP contribution in [0, 0.1) is 5.82 Å². The minimum Gasteiger partial charge on any atom is -0.298 e. The van der Waals surface area contributed by atoms with E-state index in [1.54, 1.807) is 18.5 Å². The van der Waals surface area contributed by atoms with E-state index in [-0.39, 0.29) is 22.9 Å². The normalized spacial score (nSPS) is 10.6. The Balaban J connectivity index is 2.15. The Labute approximate surface area is 126 Å². The van der Waals surface area contributed by atoms with Gasteiger partial charge in [-0.3, -0.25) is 9.78 Å². The predicted octanol–water partition coefficient (Wildman–Crippen LogP) is 2.44. The smallest absolute Gasteiger partial charge is 0.250 e. The first-order valence-electron chi connectivity index (χ1n) is 5.82. The van der Waals surface area contributed by atoms with Gasteiger partial charge in [-0.05, 0) is 28.1 Å². The molecule has 0 aliphatic heterocycles. The third-order valence-electron chi connectivity index (χ3n) is 2.66. The van der Waals surface area contributed by atoms with Crippen LogP contribution in [0.3, 0.4) is 0 Å². The largest absolute Gasteiger partial charge is 0.298 e. The van der Waals surface area contributed by atoms with Crippen LogP contribution < -0.4 is 0 Å². The van der Waals surface area contributed by atoms with E-state index in [1.165, 1.54) is 23.1 Å². The van der Waals surface area contributed by atoms with Crippen molar-refractivity contribution in [1.29, 1.82) is 0 Å². The third-order valence-corrected chi connectivity index (χ3v) is 3.09. The fraction of sp³-hybridized carbons (Fsp3) is 0. The number of halogens is 2. The lowest BCUT2D eigenvalue weighted by atomic mass is 10.2. The zero-order valence-corrected chi connectivity index (χ0v) is 12.0. The minimum atomic E-state index is -0.577. The fourth-order valence-corrected chi connectivity index (χ4v) is 2.06. The maximum atomic E-state index is 14.0. The molecule has 0 radical (unpaired) electrons. The summed E-state index contributed by atoms with van der Waals surface area (Å²) in [5, 5.41) is 4.15. The summed E-state index contributed by atoms with van der Waals surface area (Å²) in [6.07, 6.45) is 6.54. The topological polar surface area (TPSA) is 73.6 Å². The van der Waals surface area contributed by atoms with Gasteiger partial charge in [-0.2, -0.15) is 5.10 Å². The van der Waals surface area contributed by atoms with Crippen molar-refractivity contribution in [1.82, 2.24) is 24.7 Å². The van der Waals surface area contributed by atoms with Crippen molar-refractivity contribution in [2.75, 3.05) is 0 Å². The van der Waals surface area contributed by atoms with Crippen molar-refractivity contribution in [2.24, 2.45) is 0 Å². The maximum absolute atomic E-state index is 14.0. The summed E-state index contributed by atoms with van der Waals surface area (Å²) in [4.78, 5) is 23.2. The molecule has 3 rings (SSSR count). The quantitative estimate of drug-likeness (QED) is 0.680. The van der Waals surface area contributed by atoms with Gasteiger partial charge in [0.2, 0.25) is 5.95 Å². The fourth-order valence-electron chi connectivity index (χ4n) is 1.76. The summed E-state index contributed by atoms with van der Waals surface area (Å²) >= 11 is 3.13. The predicted molar refractivity (Wildman–Crippen MR) is 75.4 cm³/mol. The Morgan fingerprint density at radius 2 is 1.95 bits per heavy atom. The van der Waals surface area contributed by atoms with E-state index < -0.39 is 5.82 Å². The Morgan fingerprint density at radius 1 is 1.19 bits per heavy atom. The molecular weight excluding hydrogens is 341 g/mol. The Kier molecular flexibility index (Phi) is 3.53. The molecule has 0 aliphatic rings. The van der Waals surface area contributed by atoms with Gasteiger partial charge in [0.25, 0.3) is 0 Å². The maximum Gasteiger partial charge on any atom is 0.250 e. The molecule has 0 fully saturated rings. The molecule has 0 aromatic carbocycles. The summed E-state index contributed by atoms with van der Waals surface area (Å²) in [6, 6.07) is 2.92. The van der Waals surface area contributed by atoms with Crippen molar-refractivity contribution < 1.29 is 9.18 Å². The monoisotopic (exact) mass is 347 g/mol. The summed E-state index contributed by atoms with van der Waals surface area (Å²) in [5.74, 6) is -0.295. The van der Waals surface area contributed by atoms with Gasteiger partial charge in [0.15, 0.2) is 12.1 Å². The summed E-state index contributed by atoms with van der Waals surface area (Å²) in [7, 11) is 0. The van der Waals surface area contributed by atoms with Crippen LogP contribution >= 0.6 is 15.9 Å². The molecule has 21 heavy (non-hydrogen) atoms. The summed E-state index contributed by atoms with van der Waals surface area (Å²) in [6.45, 7) is 0. The Hall–Kier alpha value is -2.48. The van der Waals surface area contributed by atoms with Gasteiger partial charge in [0.1, 0.15) is 11.4 Å². The second-order valence-corrected chi connectivity index (χ2v) is 4.94. The number of aldehydes is 1. The molecule has 104 valence electrons. The molecule has 0 spiro atoms. The minimum absolute atomic E-state index is 0.00465. The van der Waals surface area contributed by atoms with Crippen LogP contribution in [-0.2, 0) is 0 Å². The van der Waals surface area contributed by atoms with E-state index >= 15 is 0 Å². The molecule has 0 N–H and O–H groups in total. The number of aromatic nitrogens is 5. The molecule has 3 heterocycles. The van der Waals surface area contributed by atoms with Gasteiger partial charge >= 0.3 is 0 Å². The zero-order chi connectivity index (χ0) is 14.8. The number of pyridine rings is 1. The molecule has 0 bridgehead atoms. The SMILES string of the molecule is O=Cc1cn(-c2ncccn2)nc1-c1ncc(Br)cc1F.